The maximum absolute atomic E-state index is 13.8. The molecule has 0 unspecified atom stereocenters. The molecule has 4 aromatic rings. The van der Waals surface area contributed by atoms with Crippen molar-refractivity contribution in [3.63, 3.8) is 0 Å². The number of benzene rings is 2. The van der Waals surface area contributed by atoms with Gasteiger partial charge in [-0.05, 0) is 37.0 Å². The normalized spacial score (nSPS) is 16.5. The topological polar surface area (TPSA) is 138 Å². The molecule has 9 nitrogen and oxygen atoms in total. The Labute approximate surface area is 195 Å². The fourth-order valence-electron chi connectivity index (χ4n) is 4.62. The van der Waals surface area contributed by atoms with E-state index in [0.717, 1.165) is 18.9 Å². The molecule has 1 atom stereocenters. The van der Waals surface area contributed by atoms with E-state index in [4.69, 9.17) is 14.9 Å². The minimum atomic E-state index is -4.69. The van der Waals surface area contributed by atoms with E-state index in [9.17, 15) is 23.1 Å². The second kappa shape index (κ2) is 7.45. The van der Waals surface area contributed by atoms with Crippen LogP contribution >= 0.6 is 0 Å². The minimum absolute atomic E-state index is 0.0145. The fourth-order valence-corrected chi connectivity index (χ4v) is 4.62. The Morgan fingerprint density at radius 2 is 2.06 bits per heavy atom. The lowest BCUT2D eigenvalue weighted by Crippen LogP contribution is -2.31. The smallest absolute Gasteiger partial charge is 0.420 e. The van der Waals surface area contributed by atoms with E-state index in [1.807, 2.05) is 0 Å². The molecule has 6 rings (SSSR count). The van der Waals surface area contributed by atoms with Crippen molar-refractivity contribution in [3.05, 3.63) is 29.8 Å². The number of anilines is 3. The summed E-state index contributed by atoms with van der Waals surface area (Å²) in [6, 6.07) is 4.84. The van der Waals surface area contributed by atoms with Gasteiger partial charge in [-0.3, -0.25) is 0 Å². The molecule has 1 saturated carbocycles. The molecule has 0 saturated heterocycles. The lowest BCUT2D eigenvalue weighted by atomic mass is 10.0. The molecule has 0 amide bonds. The van der Waals surface area contributed by atoms with Crippen LogP contribution in [0.25, 0.3) is 33.3 Å². The second-order valence-corrected chi connectivity index (χ2v) is 8.77. The Kier molecular flexibility index (Phi) is 4.57. The molecule has 2 aromatic heterocycles. The average Bonchev–Trinajstić information content (AvgIpc) is 3.50. The number of halogens is 3. The molecule has 12 heteroatoms. The summed E-state index contributed by atoms with van der Waals surface area (Å²) >= 11 is 0. The molecule has 0 radical (unpaired) electrons. The molecule has 182 valence electrons. The van der Waals surface area contributed by atoms with Crippen molar-refractivity contribution in [1.82, 2.24) is 9.97 Å². The van der Waals surface area contributed by atoms with Crippen LogP contribution in [0.5, 0.6) is 5.75 Å². The molecule has 0 bridgehead atoms. The van der Waals surface area contributed by atoms with E-state index in [1.54, 1.807) is 12.1 Å². The largest absolute Gasteiger partial charge is 0.491 e. The van der Waals surface area contributed by atoms with Gasteiger partial charge in [0.05, 0.1) is 22.3 Å². The Balaban J connectivity index is 1.52. The van der Waals surface area contributed by atoms with E-state index in [-0.39, 0.29) is 23.0 Å². The second-order valence-electron chi connectivity index (χ2n) is 8.77. The lowest BCUT2D eigenvalue weighted by Gasteiger charge is -2.16. The number of H-pyrrole nitrogens is 1. The number of alkyl halides is 3. The number of nitrogen functional groups attached to an aromatic ring is 1. The molecule has 1 aliphatic heterocycles. The van der Waals surface area contributed by atoms with E-state index in [1.165, 1.54) is 6.07 Å². The number of oxazole rings is 1. The summed E-state index contributed by atoms with van der Waals surface area (Å²) in [5.74, 6) is -0.383. The van der Waals surface area contributed by atoms with Gasteiger partial charge in [0.1, 0.15) is 29.5 Å². The van der Waals surface area contributed by atoms with Crippen molar-refractivity contribution in [1.29, 1.82) is 0 Å². The summed E-state index contributed by atoms with van der Waals surface area (Å²) in [6.07, 6.45) is -3.01. The zero-order valence-corrected chi connectivity index (χ0v) is 18.1. The van der Waals surface area contributed by atoms with Gasteiger partial charge in [-0.15, -0.1) is 0 Å². The number of rotatable bonds is 5. The van der Waals surface area contributed by atoms with Crippen molar-refractivity contribution in [2.45, 2.75) is 25.1 Å². The predicted octanol–water partition coefficient (Wildman–Crippen LogP) is 4.66. The molecule has 6 N–H and O–H groups in total. The molecular weight excluding hydrogens is 467 g/mol. The third-order valence-corrected chi connectivity index (χ3v) is 6.31. The third-order valence-electron chi connectivity index (χ3n) is 6.31. The van der Waals surface area contributed by atoms with Gasteiger partial charge in [-0.1, -0.05) is 0 Å². The number of nitrogens with one attached hydrogen (secondary N) is 3. The quantitative estimate of drug-likeness (QED) is 0.274. The van der Waals surface area contributed by atoms with Crippen LogP contribution in [0.1, 0.15) is 18.4 Å². The number of nitrogens with two attached hydrogens (primary N) is 1. The third kappa shape index (κ3) is 3.65. The van der Waals surface area contributed by atoms with Crippen LogP contribution in [-0.2, 0) is 11.0 Å². The average molecular weight is 487 g/mol. The highest BCUT2D eigenvalue weighted by molar-refractivity contribution is 6.07. The van der Waals surface area contributed by atoms with Crippen LogP contribution in [0, 0.1) is 5.92 Å². The maximum Gasteiger partial charge on any atom is 0.420 e. The van der Waals surface area contributed by atoms with Gasteiger partial charge in [0.25, 0.3) is 6.01 Å². The van der Waals surface area contributed by atoms with Crippen LogP contribution in [-0.4, -0.2) is 40.2 Å². The highest BCUT2D eigenvalue weighted by Crippen LogP contribution is 2.46. The van der Waals surface area contributed by atoms with E-state index >= 15 is 0 Å². The highest BCUT2D eigenvalue weighted by Gasteiger charge is 2.37. The molecular formula is C23H20F3N5O4. The number of aliphatic carboxylic acids is 1. The first kappa shape index (κ1) is 21.4. The van der Waals surface area contributed by atoms with Gasteiger partial charge in [0, 0.05) is 23.9 Å². The summed E-state index contributed by atoms with van der Waals surface area (Å²) < 4.78 is 52.4. The molecule has 1 fully saturated rings. The summed E-state index contributed by atoms with van der Waals surface area (Å²) in [6.45, 7) is 0.743. The number of ether oxygens (including phenoxy) is 1. The zero-order chi connectivity index (χ0) is 24.5. The van der Waals surface area contributed by atoms with Crippen molar-refractivity contribution in [3.8, 4) is 17.0 Å². The van der Waals surface area contributed by atoms with Gasteiger partial charge in [0.2, 0.25) is 0 Å². The van der Waals surface area contributed by atoms with Crippen LogP contribution < -0.4 is 21.1 Å². The van der Waals surface area contributed by atoms with Crippen LogP contribution in [0.4, 0.5) is 30.6 Å². The summed E-state index contributed by atoms with van der Waals surface area (Å²) in [7, 11) is 0. The molecule has 2 aliphatic rings. The number of hydrogen-bond acceptors (Lipinski definition) is 7. The number of fused-ring (bicyclic) bond motifs is 1. The Morgan fingerprint density at radius 3 is 2.77 bits per heavy atom. The van der Waals surface area contributed by atoms with Crippen molar-refractivity contribution < 1.29 is 32.2 Å². The molecule has 35 heavy (non-hydrogen) atoms. The molecule has 2 aromatic carbocycles. The van der Waals surface area contributed by atoms with Crippen molar-refractivity contribution in [2.24, 2.45) is 5.92 Å². The Hall–Kier alpha value is -4.09. The zero-order valence-electron chi connectivity index (χ0n) is 18.1. The number of aromatic nitrogens is 2. The van der Waals surface area contributed by atoms with Crippen LogP contribution in [0.3, 0.4) is 0 Å². The standard InChI is InChI=1S/C23H20F3N5O4/c24-23(25,26)12-5-10(6-14-20(12)35-22(27)31-14)17-19-16-13(30-17)7-11(8-15(16)34-4-3-28-19)29-18(21(32)33)9-1-2-9/h5-9,18,28-30H,1-4H2,(H2,27,31)(H,32,33)/t18-/m0/s1. The monoisotopic (exact) mass is 487 g/mol. The molecule has 1 aliphatic carbocycles. The first-order valence-corrected chi connectivity index (χ1v) is 11.0. The first-order valence-electron chi connectivity index (χ1n) is 11.0. The minimum Gasteiger partial charge on any atom is -0.491 e. The first-order chi connectivity index (χ1) is 16.7. The lowest BCUT2D eigenvalue weighted by molar-refractivity contribution is -0.138. The van der Waals surface area contributed by atoms with Crippen LogP contribution in [0.15, 0.2) is 28.7 Å². The van der Waals surface area contributed by atoms with Gasteiger partial charge < -0.3 is 35.6 Å². The number of nitrogens with zero attached hydrogens (tertiary/aromatic N) is 1. The molecule has 3 heterocycles. The molecule has 0 spiro atoms. The summed E-state index contributed by atoms with van der Waals surface area (Å²) in [5, 5.41) is 16.6. The number of carboxylic acid groups (broad SMARTS) is 1. The number of carbonyl (C=O) groups is 1. The van der Waals surface area contributed by atoms with Crippen molar-refractivity contribution in [2.75, 3.05) is 29.5 Å². The number of carboxylic acids is 1. The Bertz CT molecular complexity index is 1490. The van der Waals surface area contributed by atoms with E-state index in [2.05, 4.69) is 20.6 Å². The number of aromatic amines is 1. The van der Waals surface area contributed by atoms with Gasteiger partial charge >= 0.3 is 12.1 Å². The Morgan fingerprint density at radius 1 is 1.26 bits per heavy atom. The van der Waals surface area contributed by atoms with Gasteiger partial charge in [0.15, 0.2) is 5.58 Å². The van der Waals surface area contributed by atoms with Crippen LogP contribution in [0.2, 0.25) is 0 Å². The highest BCUT2D eigenvalue weighted by atomic mass is 19.4. The predicted molar refractivity (Wildman–Crippen MR) is 122 cm³/mol. The fraction of sp³-hybridized carbons (Fsp3) is 0.304. The SMILES string of the molecule is Nc1nc2cc(-c3[nH]c4cc(N[C@H](C(=O)O)C5CC5)cc5c4c3NCCO5)cc(C(F)(F)F)c2o1. The summed E-state index contributed by atoms with van der Waals surface area (Å²) in [4.78, 5) is 18.8. The van der Waals surface area contributed by atoms with Gasteiger partial charge in [-0.25, -0.2) is 4.79 Å². The van der Waals surface area contributed by atoms with E-state index in [0.29, 0.717) is 46.9 Å². The number of hydrogen-bond donors (Lipinski definition) is 5. The summed E-state index contributed by atoms with van der Waals surface area (Å²) in [5.41, 5.74) is 6.46. The maximum atomic E-state index is 13.8. The van der Waals surface area contributed by atoms with Gasteiger partial charge in [-0.2, -0.15) is 18.2 Å². The van der Waals surface area contributed by atoms with Crippen molar-refractivity contribution >= 4 is 45.4 Å². The van der Waals surface area contributed by atoms with E-state index < -0.39 is 29.3 Å².